The highest BCUT2D eigenvalue weighted by molar-refractivity contribution is 6.11. The average molecular weight is 460 g/mol. The summed E-state index contributed by atoms with van der Waals surface area (Å²) in [6.07, 6.45) is 0. The predicted molar refractivity (Wildman–Crippen MR) is 143 cm³/mol. The van der Waals surface area contributed by atoms with Gasteiger partial charge < -0.3 is 8.98 Å². The van der Waals surface area contributed by atoms with Crippen LogP contribution in [0.25, 0.3) is 60.6 Å². The molecule has 36 heavy (non-hydrogen) atoms. The lowest BCUT2D eigenvalue weighted by molar-refractivity contribution is 0.669. The Morgan fingerprint density at radius 2 is 1.31 bits per heavy atom. The van der Waals surface area contributed by atoms with Crippen molar-refractivity contribution < 1.29 is 4.42 Å². The van der Waals surface area contributed by atoms with Gasteiger partial charge >= 0.3 is 0 Å². The van der Waals surface area contributed by atoms with Crippen LogP contribution in [0.15, 0.2) is 108 Å². The monoisotopic (exact) mass is 459 g/mol. The van der Waals surface area contributed by atoms with Crippen LogP contribution in [-0.2, 0) is 0 Å². The SMILES string of the molecule is N#Cc1ccc2c3cc(-c4ccc5c(c4)oc4ccccc45)ccc3n(-c3ccccc3C#N)c2c1. The van der Waals surface area contributed by atoms with E-state index in [9.17, 15) is 10.5 Å². The van der Waals surface area contributed by atoms with Crippen LogP contribution in [-0.4, -0.2) is 4.57 Å². The zero-order valence-electron chi connectivity index (χ0n) is 19.1. The lowest BCUT2D eigenvalue weighted by Gasteiger charge is -2.10. The topological polar surface area (TPSA) is 65.7 Å². The molecule has 4 heteroatoms. The van der Waals surface area contributed by atoms with Crippen LogP contribution in [0.4, 0.5) is 0 Å². The normalized spacial score (nSPS) is 11.3. The first-order valence-corrected chi connectivity index (χ1v) is 11.6. The highest BCUT2D eigenvalue weighted by Crippen LogP contribution is 2.37. The number of nitriles is 2. The first-order chi connectivity index (χ1) is 17.7. The maximum atomic E-state index is 9.77. The number of rotatable bonds is 2. The zero-order chi connectivity index (χ0) is 24.2. The molecule has 2 heterocycles. The van der Waals surface area contributed by atoms with E-state index in [2.05, 4.69) is 59.2 Å². The van der Waals surface area contributed by atoms with Crippen molar-refractivity contribution in [2.24, 2.45) is 0 Å². The average Bonchev–Trinajstić information content (AvgIpc) is 3.47. The van der Waals surface area contributed by atoms with Gasteiger partial charge in [0.05, 0.1) is 33.9 Å². The fourth-order valence-corrected chi connectivity index (χ4v) is 5.20. The highest BCUT2D eigenvalue weighted by Gasteiger charge is 2.16. The molecule has 0 radical (unpaired) electrons. The minimum atomic E-state index is 0.580. The van der Waals surface area contributed by atoms with Crippen LogP contribution in [0.5, 0.6) is 0 Å². The van der Waals surface area contributed by atoms with E-state index < -0.39 is 0 Å². The van der Waals surface area contributed by atoms with Crippen molar-refractivity contribution in [2.75, 3.05) is 0 Å². The second-order valence-corrected chi connectivity index (χ2v) is 8.85. The summed E-state index contributed by atoms with van der Waals surface area (Å²) in [6.45, 7) is 0. The van der Waals surface area contributed by atoms with Crippen LogP contribution in [0, 0.1) is 22.7 Å². The fraction of sp³-hybridized carbons (Fsp3) is 0. The smallest absolute Gasteiger partial charge is 0.136 e. The van der Waals surface area contributed by atoms with Crippen molar-refractivity contribution in [3.8, 4) is 29.0 Å². The van der Waals surface area contributed by atoms with Crippen LogP contribution >= 0.6 is 0 Å². The molecule has 0 aliphatic carbocycles. The number of hydrogen-bond donors (Lipinski definition) is 0. The largest absolute Gasteiger partial charge is 0.456 e. The number of para-hydroxylation sites is 2. The number of hydrogen-bond acceptors (Lipinski definition) is 3. The van der Waals surface area contributed by atoms with Gasteiger partial charge in [-0.05, 0) is 65.7 Å². The Hall–Kier alpha value is -5.32. The van der Waals surface area contributed by atoms with Gasteiger partial charge in [0.2, 0.25) is 0 Å². The molecule has 166 valence electrons. The molecule has 7 aromatic rings. The van der Waals surface area contributed by atoms with Crippen LogP contribution in [0.3, 0.4) is 0 Å². The van der Waals surface area contributed by atoms with Gasteiger partial charge in [0, 0.05) is 21.5 Å². The number of aromatic nitrogens is 1. The molecule has 0 aliphatic rings. The van der Waals surface area contributed by atoms with Crippen molar-refractivity contribution in [2.45, 2.75) is 0 Å². The number of fused-ring (bicyclic) bond motifs is 6. The molecule has 0 N–H and O–H groups in total. The molecule has 0 aliphatic heterocycles. The second-order valence-electron chi connectivity index (χ2n) is 8.85. The predicted octanol–water partition coefficient (Wildman–Crippen LogP) is 8.09. The third kappa shape index (κ3) is 2.86. The van der Waals surface area contributed by atoms with Gasteiger partial charge in [-0.3, -0.25) is 0 Å². The molecule has 7 rings (SSSR count). The van der Waals surface area contributed by atoms with Gasteiger partial charge in [-0.1, -0.05) is 48.5 Å². The van der Waals surface area contributed by atoms with E-state index in [1.807, 2.05) is 60.7 Å². The highest BCUT2D eigenvalue weighted by atomic mass is 16.3. The summed E-state index contributed by atoms with van der Waals surface area (Å²) < 4.78 is 8.20. The summed E-state index contributed by atoms with van der Waals surface area (Å²) in [6, 6.07) is 38.6. The summed E-state index contributed by atoms with van der Waals surface area (Å²) in [5.41, 5.74) is 7.72. The molecule has 0 saturated heterocycles. The first kappa shape index (κ1) is 20.1. The Morgan fingerprint density at radius 1 is 0.556 bits per heavy atom. The molecule has 0 saturated carbocycles. The third-order valence-electron chi connectivity index (χ3n) is 6.87. The maximum absolute atomic E-state index is 9.77. The van der Waals surface area contributed by atoms with Crippen LogP contribution < -0.4 is 0 Å². The van der Waals surface area contributed by atoms with E-state index in [-0.39, 0.29) is 0 Å². The molecule has 0 amide bonds. The number of benzene rings is 5. The quantitative estimate of drug-likeness (QED) is 0.262. The minimum absolute atomic E-state index is 0.580. The van der Waals surface area contributed by atoms with Gasteiger partial charge in [0.15, 0.2) is 0 Å². The summed E-state index contributed by atoms with van der Waals surface area (Å²) in [4.78, 5) is 0. The van der Waals surface area contributed by atoms with Gasteiger partial charge in [0.1, 0.15) is 17.2 Å². The summed E-state index contributed by atoms with van der Waals surface area (Å²) >= 11 is 0. The Morgan fingerprint density at radius 3 is 2.19 bits per heavy atom. The second kappa shape index (κ2) is 7.60. The van der Waals surface area contributed by atoms with E-state index in [4.69, 9.17) is 4.42 Å². The summed E-state index contributed by atoms with van der Waals surface area (Å²) in [5, 5.41) is 23.6. The zero-order valence-corrected chi connectivity index (χ0v) is 19.1. The van der Waals surface area contributed by atoms with E-state index in [0.717, 1.165) is 60.6 Å². The van der Waals surface area contributed by atoms with Crippen LogP contribution in [0.2, 0.25) is 0 Å². The van der Waals surface area contributed by atoms with Gasteiger partial charge in [-0.25, -0.2) is 0 Å². The Bertz CT molecular complexity index is 2080. The van der Waals surface area contributed by atoms with Crippen molar-refractivity contribution in [3.63, 3.8) is 0 Å². The summed E-state index contributed by atoms with van der Waals surface area (Å²) in [5.74, 6) is 0. The molecule has 0 fully saturated rings. The number of nitrogens with zero attached hydrogens (tertiary/aromatic N) is 3. The van der Waals surface area contributed by atoms with E-state index in [1.54, 1.807) is 0 Å². The standard InChI is InChI=1S/C32H17N3O/c33-18-20-9-12-24-27-16-21(22-10-13-26-25-6-2-4-8-31(25)36-32(26)17-22)11-14-29(27)35(30(24)15-20)28-7-3-1-5-23(28)19-34/h1-17H. The van der Waals surface area contributed by atoms with Gasteiger partial charge in [0.25, 0.3) is 0 Å². The van der Waals surface area contributed by atoms with Crippen LogP contribution in [0.1, 0.15) is 11.1 Å². The van der Waals surface area contributed by atoms with Gasteiger partial charge in [-0.2, -0.15) is 10.5 Å². The maximum Gasteiger partial charge on any atom is 0.136 e. The van der Waals surface area contributed by atoms with E-state index in [0.29, 0.717) is 11.1 Å². The fourth-order valence-electron chi connectivity index (χ4n) is 5.20. The van der Waals surface area contributed by atoms with Crippen molar-refractivity contribution >= 4 is 43.7 Å². The Labute approximate surface area is 206 Å². The lowest BCUT2D eigenvalue weighted by Crippen LogP contribution is -1.97. The molecule has 0 bridgehead atoms. The lowest BCUT2D eigenvalue weighted by atomic mass is 10.0. The number of furan rings is 1. The molecular weight excluding hydrogens is 442 g/mol. The Balaban J connectivity index is 1.50. The molecule has 5 aromatic carbocycles. The van der Waals surface area contributed by atoms with E-state index >= 15 is 0 Å². The molecule has 4 nitrogen and oxygen atoms in total. The third-order valence-corrected chi connectivity index (χ3v) is 6.87. The minimum Gasteiger partial charge on any atom is -0.456 e. The van der Waals surface area contributed by atoms with E-state index in [1.165, 1.54) is 0 Å². The molecular formula is C32H17N3O. The summed E-state index contributed by atoms with van der Waals surface area (Å²) in [7, 11) is 0. The van der Waals surface area contributed by atoms with Crippen molar-refractivity contribution in [1.82, 2.24) is 4.57 Å². The van der Waals surface area contributed by atoms with Crippen molar-refractivity contribution in [3.05, 3.63) is 114 Å². The molecule has 0 atom stereocenters. The Kier molecular flexibility index (Phi) is 4.24. The van der Waals surface area contributed by atoms with Gasteiger partial charge in [-0.15, -0.1) is 0 Å². The molecule has 0 spiro atoms. The first-order valence-electron chi connectivity index (χ1n) is 11.6. The van der Waals surface area contributed by atoms with Crippen molar-refractivity contribution in [1.29, 1.82) is 10.5 Å². The molecule has 0 unspecified atom stereocenters. The molecule has 2 aromatic heterocycles.